The zero-order valence-electron chi connectivity index (χ0n) is 16.9. The third-order valence-electron chi connectivity index (χ3n) is 3.68. The number of rotatable bonds is 11. The van der Waals surface area contributed by atoms with Crippen LogP contribution in [0.25, 0.3) is 0 Å². The van der Waals surface area contributed by atoms with E-state index in [1.54, 1.807) is 0 Å². The molecule has 0 amide bonds. The second-order valence-electron chi connectivity index (χ2n) is 7.01. The first kappa shape index (κ1) is 25.6. The molecule has 2 atom stereocenters. The summed E-state index contributed by atoms with van der Waals surface area (Å²) in [5.74, 6) is 0. The Bertz CT molecular complexity index is 744. The molecule has 2 N–H and O–H groups in total. The van der Waals surface area contributed by atoms with Crippen molar-refractivity contribution in [2.45, 2.75) is 50.4 Å². The van der Waals surface area contributed by atoms with Crippen molar-refractivity contribution < 1.29 is 0 Å². The molecule has 0 fully saturated rings. The molecule has 2 unspecified atom stereocenters. The van der Waals surface area contributed by atoms with E-state index in [0.717, 1.165) is 0 Å². The van der Waals surface area contributed by atoms with Crippen LogP contribution in [0, 0.1) is 0 Å². The van der Waals surface area contributed by atoms with Crippen molar-refractivity contribution in [1.82, 2.24) is 10.2 Å². The van der Waals surface area contributed by atoms with Crippen LogP contribution < -0.4 is 20.8 Å². The van der Waals surface area contributed by atoms with Gasteiger partial charge in [-0.15, -0.1) is 0 Å². The van der Waals surface area contributed by atoms with E-state index in [1.165, 1.54) is 21.2 Å². The van der Waals surface area contributed by atoms with Gasteiger partial charge in [-0.05, 0) is 0 Å². The van der Waals surface area contributed by atoms with Gasteiger partial charge in [0.2, 0.25) is 0 Å². The number of nitrogens with one attached hydrogen (secondary N) is 2. The van der Waals surface area contributed by atoms with Gasteiger partial charge >= 0.3 is 200 Å². The predicted octanol–water partition coefficient (Wildman–Crippen LogP) is 3.74. The first-order valence-electron chi connectivity index (χ1n) is 9.41. The Morgan fingerprint density at radius 1 is 0.679 bits per heavy atom. The minimum atomic E-state index is -1.38. The van der Waals surface area contributed by atoms with Gasteiger partial charge < -0.3 is 0 Å². The molecule has 0 aliphatic heterocycles. The Morgan fingerprint density at radius 3 is 1.29 bits per heavy atom. The third-order valence-corrected chi connectivity index (χ3v) is 32.3. The number of benzene rings is 2. The van der Waals surface area contributed by atoms with Crippen molar-refractivity contribution in [3.05, 3.63) is 60.7 Å². The van der Waals surface area contributed by atoms with Gasteiger partial charge in [0.05, 0.1) is 0 Å². The van der Waals surface area contributed by atoms with Crippen LogP contribution in [0.5, 0.6) is 0 Å². The molecule has 154 valence electrons. The molecule has 0 saturated carbocycles. The molecule has 0 aliphatic rings. The second kappa shape index (κ2) is 12.4. The molecular formula is C20H30N2P2Se4. The van der Waals surface area contributed by atoms with Crippen molar-refractivity contribution in [2.24, 2.45) is 0 Å². The van der Waals surface area contributed by atoms with Crippen LogP contribution in [0.3, 0.4) is 0 Å². The van der Waals surface area contributed by atoms with Gasteiger partial charge in [-0.1, -0.05) is 0 Å². The normalized spacial score (nSPS) is 16.1. The predicted molar refractivity (Wildman–Crippen MR) is 135 cm³/mol. The molecule has 0 aromatic heterocycles. The van der Waals surface area contributed by atoms with E-state index < -0.39 is 8.70 Å². The zero-order valence-corrected chi connectivity index (χ0v) is 25.5. The Labute approximate surface area is 198 Å². The Hall–Kier alpha value is 1.30. The second-order valence-corrected chi connectivity index (χ2v) is 37.1. The van der Waals surface area contributed by atoms with Gasteiger partial charge in [-0.2, -0.15) is 0 Å². The summed E-state index contributed by atoms with van der Waals surface area (Å²) in [5, 5.41) is 13.4. The van der Waals surface area contributed by atoms with E-state index >= 15 is 0 Å². The van der Waals surface area contributed by atoms with Crippen LogP contribution in [0.1, 0.15) is 27.7 Å². The average molecular weight is 676 g/mol. The van der Waals surface area contributed by atoms with Crippen molar-refractivity contribution in [3.63, 3.8) is 0 Å². The standard InChI is InChI=1S/C20H30N2P2Se4/c1-17(2)21-23(25,19-11-7-5-8-12-19)27-15-16-28-24(26,22-18(3)4)20-13-9-6-10-14-20/h5-14,17-18H,15-16H2,1-4H3,(H,21,25)(H,22,26). The fourth-order valence-corrected chi connectivity index (χ4v) is 31.6. The van der Waals surface area contributed by atoms with E-state index in [2.05, 4.69) is 129 Å². The molecule has 2 aromatic carbocycles. The van der Waals surface area contributed by atoms with Crippen LogP contribution in [0.2, 0.25) is 10.6 Å². The molecule has 0 radical (unpaired) electrons. The van der Waals surface area contributed by atoms with Crippen molar-refractivity contribution in [3.8, 4) is 0 Å². The van der Waals surface area contributed by atoms with Crippen molar-refractivity contribution >= 4 is 78.5 Å². The summed E-state index contributed by atoms with van der Waals surface area (Å²) in [6.07, 6.45) is 0. The quantitative estimate of drug-likeness (QED) is 0.216. The number of hydrogen-bond acceptors (Lipinski definition) is 2. The summed E-state index contributed by atoms with van der Waals surface area (Å²) in [5.41, 5.74) is 0. The van der Waals surface area contributed by atoms with Gasteiger partial charge in [0.1, 0.15) is 0 Å². The number of hydrogen-bond donors (Lipinski definition) is 2. The van der Waals surface area contributed by atoms with E-state index in [1.807, 2.05) is 0 Å². The Kier molecular flexibility index (Phi) is 11.3. The van der Waals surface area contributed by atoms with E-state index in [4.69, 9.17) is 0 Å². The monoisotopic (exact) mass is 680 g/mol. The van der Waals surface area contributed by atoms with Gasteiger partial charge in [-0.3, -0.25) is 0 Å². The van der Waals surface area contributed by atoms with Crippen LogP contribution >= 0.6 is 8.70 Å². The van der Waals surface area contributed by atoms with Gasteiger partial charge in [0.15, 0.2) is 0 Å². The first-order chi connectivity index (χ1) is 13.3. The summed E-state index contributed by atoms with van der Waals surface area (Å²) in [6, 6.07) is 23.1. The molecule has 0 aliphatic carbocycles. The molecule has 0 heterocycles. The fraction of sp³-hybridized carbons (Fsp3) is 0.400. The molecule has 2 rings (SSSR count). The minimum absolute atomic E-state index is 0.500. The molecule has 0 saturated heterocycles. The molecular weight excluding hydrogens is 646 g/mol. The maximum absolute atomic E-state index is 3.91. The van der Waals surface area contributed by atoms with E-state index in [0.29, 0.717) is 41.1 Å². The summed E-state index contributed by atoms with van der Waals surface area (Å²) < 4.78 is -2.76. The molecule has 28 heavy (non-hydrogen) atoms. The molecule has 2 aromatic rings. The van der Waals surface area contributed by atoms with Crippen molar-refractivity contribution in [1.29, 1.82) is 0 Å². The van der Waals surface area contributed by atoms with E-state index in [9.17, 15) is 0 Å². The maximum atomic E-state index is 3.91. The first-order valence-corrected chi connectivity index (χ1v) is 24.3. The van der Waals surface area contributed by atoms with E-state index in [-0.39, 0.29) is 0 Å². The zero-order chi connectivity index (χ0) is 20.6. The summed E-state index contributed by atoms with van der Waals surface area (Å²) in [6.45, 7) is 9.03. The molecule has 0 spiro atoms. The summed E-state index contributed by atoms with van der Waals surface area (Å²) in [4.78, 5) is 0. The van der Waals surface area contributed by atoms with Crippen LogP contribution in [-0.4, -0.2) is 71.3 Å². The van der Waals surface area contributed by atoms with Gasteiger partial charge in [0.25, 0.3) is 0 Å². The average Bonchev–Trinajstić information content (AvgIpc) is 2.66. The fourth-order valence-electron chi connectivity index (χ4n) is 2.63. The Morgan fingerprint density at radius 2 is 1.00 bits per heavy atom. The summed E-state index contributed by atoms with van der Waals surface area (Å²) >= 11 is 8.35. The van der Waals surface area contributed by atoms with Gasteiger partial charge in [-0.25, -0.2) is 0 Å². The van der Waals surface area contributed by atoms with Crippen molar-refractivity contribution in [2.75, 3.05) is 0 Å². The van der Waals surface area contributed by atoms with Crippen LogP contribution in [0.15, 0.2) is 60.7 Å². The van der Waals surface area contributed by atoms with Crippen LogP contribution in [0.4, 0.5) is 0 Å². The van der Waals surface area contributed by atoms with Gasteiger partial charge in [0, 0.05) is 0 Å². The summed E-state index contributed by atoms with van der Waals surface area (Å²) in [7, 11) is 0. The molecule has 8 heteroatoms. The molecule has 2 nitrogen and oxygen atoms in total. The topological polar surface area (TPSA) is 24.1 Å². The van der Waals surface area contributed by atoms with Crippen LogP contribution in [-0.2, 0) is 0 Å². The Balaban J connectivity index is 2.06. The SMILES string of the molecule is CC(C)NP(=[Se])([Se]CC[Se]P(=[Se])(NC(C)C)c1ccccc1)c1ccccc1. The molecule has 0 bridgehead atoms. The third kappa shape index (κ3) is 8.09.